The maximum Gasteiger partial charge on any atom is 0.273 e. The number of hydrogen-bond donors (Lipinski definition) is 1. The molecule has 6 nitrogen and oxygen atoms in total. The van der Waals surface area contributed by atoms with E-state index in [0.29, 0.717) is 18.8 Å². The molecular weight excluding hydrogens is 314 g/mol. The highest BCUT2D eigenvalue weighted by molar-refractivity contribution is 7.13. The van der Waals surface area contributed by atoms with Crippen LogP contribution in [0, 0.1) is 5.92 Å². The Kier molecular flexibility index (Phi) is 4.29. The predicted octanol–water partition coefficient (Wildman–Crippen LogP) is 1.64. The Hall–Kier alpha value is -2.41. The van der Waals surface area contributed by atoms with Gasteiger partial charge in [0.05, 0.1) is 13.0 Å². The van der Waals surface area contributed by atoms with Gasteiger partial charge < -0.3 is 15.0 Å². The fourth-order valence-corrected chi connectivity index (χ4v) is 3.21. The molecule has 3 rings (SSSR count). The van der Waals surface area contributed by atoms with Gasteiger partial charge in [0.2, 0.25) is 5.91 Å². The lowest BCUT2D eigenvalue weighted by Gasteiger charge is -2.37. The average Bonchev–Trinajstić information content (AvgIpc) is 3.03. The Morgan fingerprint density at radius 1 is 1.30 bits per heavy atom. The van der Waals surface area contributed by atoms with E-state index in [1.165, 1.54) is 11.3 Å². The molecule has 23 heavy (non-hydrogen) atoms. The molecule has 2 heterocycles. The van der Waals surface area contributed by atoms with Crippen LogP contribution in [0.25, 0.3) is 10.6 Å². The Morgan fingerprint density at radius 2 is 2.00 bits per heavy atom. The number of ether oxygens (including phenoxy) is 1. The molecule has 2 aromatic rings. The molecule has 0 radical (unpaired) electrons. The van der Waals surface area contributed by atoms with Crippen molar-refractivity contribution in [2.45, 2.75) is 0 Å². The summed E-state index contributed by atoms with van der Waals surface area (Å²) in [6.07, 6.45) is 0. The molecule has 1 aliphatic rings. The van der Waals surface area contributed by atoms with E-state index < -0.39 is 0 Å². The quantitative estimate of drug-likeness (QED) is 0.924. The molecule has 1 aromatic carbocycles. The second-order valence-electron chi connectivity index (χ2n) is 5.29. The molecule has 0 atom stereocenters. The van der Waals surface area contributed by atoms with E-state index in [1.807, 2.05) is 24.3 Å². The van der Waals surface area contributed by atoms with Crippen molar-refractivity contribution >= 4 is 23.2 Å². The summed E-state index contributed by atoms with van der Waals surface area (Å²) in [5.41, 5.74) is 1.37. The van der Waals surface area contributed by atoms with Crippen molar-refractivity contribution < 1.29 is 14.3 Å². The van der Waals surface area contributed by atoms with Crippen LogP contribution in [0.4, 0.5) is 0 Å². The number of carbonyl (C=O) groups excluding carboxylic acids is 2. The van der Waals surface area contributed by atoms with Gasteiger partial charge in [0, 0.05) is 31.1 Å². The van der Waals surface area contributed by atoms with Crippen LogP contribution in [-0.2, 0) is 4.79 Å². The second-order valence-corrected chi connectivity index (χ2v) is 6.15. The van der Waals surface area contributed by atoms with Crippen LogP contribution in [0.1, 0.15) is 10.5 Å². The van der Waals surface area contributed by atoms with Crippen LogP contribution >= 0.6 is 11.3 Å². The standard InChI is InChI=1S/C16H17N3O3S/c1-17-14(20)11-7-19(8-11)16(21)13-9-23-15(18-13)10-3-5-12(22-2)6-4-10/h3-6,9,11H,7-8H2,1-2H3,(H,17,20). The molecular formula is C16H17N3O3S. The summed E-state index contributed by atoms with van der Waals surface area (Å²) in [5.74, 6) is 0.526. The number of aromatic nitrogens is 1. The van der Waals surface area contributed by atoms with Crippen LogP contribution in [0.3, 0.4) is 0 Å². The van der Waals surface area contributed by atoms with E-state index in [9.17, 15) is 9.59 Å². The van der Waals surface area contributed by atoms with Crippen LogP contribution < -0.4 is 10.1 Å². The lowest BCUT2D eigenvalue weighted by Crippen LogP contribution is -2.55. The van der Waals surface area contributed by atoms with Crippen LogP contribution in [0.15, 0.2) is 29.6 Å². The number of carbonyl (C=O) groups is 2. The molecule has 0 unspecified atom stereocenters. The van der Waals surface area contributed by atoms with E-state index in [0.717, 1.165) is 16.3 Å². The first-order valence-electron chi connectivity index (χ1n) is 7.23. The van der Waals surface area contributed by atoms with Gasteiger partial charge in [0.25, 0.3) is 5.91 Å². The fourth-order valence-electron chi connectivity index (χ4n) is 2.41. The number of nitrogens with zero attached hydrogens (tertiary/aromatic N) is 2. The SMILES string of the molecule is CNC(=O)C1CN(C(=O)c2csc(-c3ccc(OC)cc3)n2)C1. The maximum absolute atomic E-state index is 12.3. The molecule has 1 aromatic heterocycles. The van der Waals surface area contributed by atoms with Crippen molar-refractivity contribution in [2.24, 2.45) is 5.92 Å². The van der Waals surface area contributed by atoms with Crippen LogP contribution in [0.2, 0.25) is 0 Å². The van der Waals surface area contributed by atoms with Crippen molar-refractivity contribution in [2.75, 3.05) is 27.2 Å². The molecule has 1 N–H and O–H groups in total. The zero-order valence-corrected chi connectivity index (χ0v) is 13.7. The van der Waals surface area contributed by atoms with Crippen molar-refractivity contribution in [1.29, 1.82) is 0 Å². The van der Waals surface area contributed by atoms with Gasteiger partial charge in [-0.1, -0.05) is 0 Å². The molecule has 0 spiro atoms. The normalized spacial score (nSPS) is 14.3. The highest BCUT2D eigenvalue weighted by atomic mass is 32.1. The molecule has 0 saturated carbocycles. The number of hydrogen-bond acceptors (Lipinski definition) is 5. The number of methoxy groups -OCH3 is 1. The Labute approximate surface area is 138 Å². The van der Waals surface area contributed by atoms with E-state index in [4.69, 9.17) is 4.74 Å². The second kappa shape index (κ2) is 6.37. The van der Waals surface area contributed by atoms with Gasteiger partial charge >= 0.3 is 0 Å². The highest BCUT2D eigenvalue weighted by Crippen LogP contribution is 2.27. The highest BCUT2D eigenvalue weighted by Gasteiger charge is 2.36. The van der Waals surface area contributed by atoms with Crippen molar-refractivity contribution in [1.82, 2.24) is 15.2 Å². The summed E-state index contributed by atoms with van der Waals surface area (Å²) in [6, 6.07) is 7.55. The van der Waals surface area contributed by atoms with Crippen LogP contribution in [-0.4, -0.2) is 48.9 Å². The number of thiazole rings is 1. The minimum atomic E-state index is -0.124. The molecule has 0 bridgehead atoms. The predicted molar refractivity (Wildman–Crippen MR) is 87.6 cm³/mol. The van der Waals surface area contributed by atoms with Gasteiger partial charge in [-0.15, -0.1) is 11.3 Å². The van der Waals surface area contributed by atoms with Gasteiger partial charge in [-0.3, -0.25) is 9.59 Å². The molecule has 120 valence electrons. The summed E-state index contributed by atoms with van der Waals surface area (Å²) in [4.78, 5) is 29.9. The van der Waals surface area contributed by atoms with Gasteiger partial charge in [0.1, 0.15) is 16.5 Å². The summed E-state index contributed by atoms with van der Waals surface area (Å²) >= 11 is 1.43. The number of rotatable bonds is 4. The minimum absolute atomic E-state index is 0.0220. The first-order chi connectivity index (χ1) is 11.1. The fraction of sp³-hybridized carbons (Fsp3) is 0.312. The number of amides is 2. The lowest BCUT2D eigenvalue weighted by molar-refractivity contribution is -0.128. The summed E-state index contributed by atoms with van der Waals surface area (Å²) in [7, 11) is 3.22. The Morgan fingerprint density at radius 3 is 2.61 bits per heavy atom. The lowest BCUT2D eigenvalue weighted by atomic mass is 9.99. The van der Waals surface area contributed by atoms with E-state index >= 15 is 0 Å². The molecule has 7 heteroatoms. The van der Waals surface area contributed by atoms with Gasteiger partial charge in [0.15, 0.2) is 0 Å². The molecule has 2 amide bonds. The maximum atomic E-state index is 12.3. The zero-order valence-electron chi connectivity index (χ0n) is 12.9. The van der Waals surface area contributed by atoms with Gasteiger partial charge in [-0.05, 0) is 24.3 Å². The van der Waals surface area contributed by atoms with Crippen molar-refractivity contribution in [3.8, 4) is 16.3 Å². The summed E-state index contributed by atoms with van der Waals surface area (Å²) in [6.45, 7) is 0.905. The van der Waals surface area contributed by atoms with E-state index in [-0.39, 0.29) is 17.7 Å². The van der Waals surface area contributed by atoms with Gasteiger partial charge in [-0.2, -0.15) is 0 Å². The van der Waals surface area contributed by atoms with Crippen molar-refractivity contribution in [3.63, 3.8) is 0 Å². The first-order valence-corrected chi connectivity index (χ1v) is 8.11. The average molecular weight is 331 g/mol. The number of likely N-dealkylation sites (tertiary alicyclic amines) is 1. The third-order valence-corrected chi connectivity index (χ3v) is 4.74. The van der Waals surface area contributed by atoms with Gasteiger partial charge in [-0.25, -0.2) is 4.98 Å². The topological polar surface area (TPSA) is 71.5 Å². The monoisotopic (exact) mass is 331 g/mol. The third-order valence-electron chi connectivity index (χ3n) is 3.85. The third kappa shape index (κ3) is 3.05. The van der Waals surface area contributed by atoms with Crippen LogP contribution in [0.5, 0.6) is 5.75 Å². The Balaban J connectivity index is 1.67. The smallest absolute Gasteiger partial charge is 0.273 e. The summed E-state index contributed by atoms with van der Waals surface area (Å²) in [5, 5.41) is 5.15. The molecule has 0 aliphatic carbocycles. The Bertz CT molecular complexity index is 720. The molecule has 1 fully saturated rings. The zero-order chi connectivity index (χ0) is 16.4. The minimum Gasteiger partial charge on any atom is -0.497 e. The molecule has 1 aliphatic heterocycles. The number of nitrogens with one attached hydrogen (secondary N) is 1. The van der Waals surface area contributed by atoms with E-state index in [1.54, 1.807) is 24.4 Å². The summed E-state index contributed by atoms with van der Waals surface area (Å²) < 4.78 is 5.13. The van der Waals surface area contributed by atoms with E-state index in [2.05, 4.69) is 10.3 Å². The van der Waals surface area contributed by atoms with Crippen molar-refractivity contribution in [3.05, 3.63) is 35.3 Å². The number of benzene rings is 1. The largest absolute Gasteiger partial charge is 0.497 e. The first kappa shape index (κ1) is 15.5. The molecule has 1 saturated heterocycles.